The lowest BCUT2D eigenvalue weighted by Gasteiger charge is -2.24. The minimum absolute atomic E-state index is 0.306. The minimum atomic E-state index is 0.306. The van der Waals surface area contributed by atoms with Crippen molar-refractivity contribution in [1.82, 2.24) is 0 Å². The first-order chi connectivity index (χ1) is 9.25. The van der Waals surface area contributed by atoms with Gasteiger partial charge >= 0.3 is 0 Å². The number of carbonyl (C=O) groups excluding carboxylic acids is 1. The van der Waals surface area contributed by atoms with Crippen LogP contribution in [0.1, 0.15) is 52.2 Å². The Morgan fingerprint density at radius 1 is 1.32 bits per heavy atom. The Labute approximate surface area is 118 Å². The highest BCUT2D eigenvalue weighted by Gasteiger charge is 2.23. The molecule has 0 bridgehead atoms. The van der Waals surface area contributed by atoms with Gasteiger partial charge in [-0.3, -0.25) is 4.79 Å². The summed E-state index contributed by atoms with van der Waals surface area (Å²) in [5.74, 6) is 0.720. The van der Waals surface area contributed by atoms with Gasteiger partial charge in [0, 0.05) is 17.4 Å². The highest BCUT2D eigenvalue weighted by molar-refractivity contribution is 7.08. The number of fused-ring (bicyclic) bond motifs is 1. The number of Topliss-reactive ketones (excluding diaryl/α,β-unsaturated/α-hetero) is 1. The lowest BCUT2D eigenvalue weighted by Crippen LogP contribution is -2.14. The van der Waals surface area contributed by atoms with Crippen LogP contribution in [0.15, 0.2) is 35.0 Å². The standard InChI is InChI=1S/C17H18OS/c1-12-10-19-11-16(12)17(18)9-14-7-4-6-13-5-2-3-8-15(13)14/h2-3,5,8,10-11,14H,4,6-7,9H2,1H3. The molecular weight excluding hydrogens is 252 g/mol. The quantitative estimate of drug-likeness (QED) is 0.736. The summed E-state index contributed by atoms with van der Waals surface area (Å²) in [6.45, 7) is 2.03. The van der Waals surface area contributed by atoms with E-state index in [1.807, 2.05) is 12.3 Å². The first-order valence-electron chi connectivity index (χ1n) is 6.89. The van der Waals surface area contributed by atoms with E-state index in [2.05, 4.69) is 29.6 Å². The second-order valence-electron chi connectivity index (χ2n) is 5.38. The molecule has 0 radical (unpaired) electrons. The highest BCUT2D eigenvalue weighted by Crippen LogP contribution is 2.35. The largest absolute Gasteiger partial charge is 0.294 e. The summed E-state index contributed by atoms with van der Waals surface area (Å²) < 4.78 is 0. The molecule has 98 valence electrons. The predicted molar refractivity (Wildman–Crippen MR) is 80.1 cm³/mol. The van der Waals surface area contributed by atoms with Crippen LogP contribution in [0, 0.1) is 6.92 Å². The molecule has 2 heteroatoms. The minimum Gasteiger partial charge on any atom is -0.294 e. The van der Waals surface area contributed by atoms with Crippen molar-refractivity contribution >= 4 is 17.1 Å². The number of thiophene rings is 1. The number of rotatable bonds is 3. The SMILES string of the molecule is Cc1cscc1C(=O)CC1CCCc2ccccc21. The number of ketones is 1. The van der Waals surface area contributed by atoms with Crippen molar-refractivity contribution in [3.05, 3.63) is 57.3 Å². The van der Waals surface area contributed by atoms with Gasteiger partial charge in [0.1, 0.15) is 0 Å². The number of hydrogen-bond acceptors (Lipinski definition) is 2. The molecule has 1 heterocycles. The molecule has 0 spiro atoms. The molecule has 0 N–H and O–H groups in total. The maximum Gasteiger partial charge on any atom is 0.164 e. The van der Waals surface area contributed by atoms with Crippen molar-refractivity contribution in [1.29, 1.82) is 0 Å². The molecule has 1 aliphatic carbocycles. The molecule has 0 saturated carbocycles. The van der Waals surface area contributed by atoms with Crippen LogP contribution in [0.25, 0.3) is 0 Å². The molecule has 0 amide bonds. The van der Waals surface area contributed by atoms with Crippen LogP contribution < -0.4 is 0 Å². The Balaban J connectivity index is 1.82. The first kappa shape index (κ1) is 12.6. The van der Waals surface area contributed by atoms with E-state index in [-0.39, 0.29) is 0 Å². The van der Waals surface area contributed by atoms with Crippen molar-refractivity contribution in [3.63, 3.8) is 0 Å². The van der Waals surface area contributed by atoms with Gasteiger partial charge in [-0.15, -0.1) is 0 Å². The fraction of sp³-hybridized carbons (Fsp3) is 0.353. The van der Waals surface area contributed by atoms with E-state index in [9.17, 15) is 4.79 Å². The monoisotopic (exact) mass is 270 g/mol. The lowest BCUT2D eigenvalue weighted by molar-refractivity contribution is 0.0971. The molecule has 0 aliphatic heterocycles. The van der Waals surface area contributed by atoms with E-state index < -0.39 is 0 Å². The zero-order valence-electron chi connectivity index (χ0n) is 11.2. The van der Waals surface area contributed by atoms with Gasteiger partial charge in [-0.05, 0) is 54.2 Å². The van der Waals surface area contributed by atoms with Crippen LogP contribution in [0.2, 0.25) is 0 Å². The molecule has 3 rings (SSSR count). The fourth-order valence-corrected chi connectivity index (χ4v) is 3.90. The van der Waals surface area contributed by atoms with Crippen molar-refractivity contribution < 1.29 is 4.79 Å². The van der Waals surface area contributed by atoms with E-state index in [1.54, 1.807) is 11.3 Å². The van der Waals surface area contributed by atoms with Gasteiger partial charge in [0.15, 0.2) is 5.78 Å². The molecule has 1 aromatic carbocycles. The number of carbonyl (C=O) groups is 1. The zero-order chi connectivity index (χ0) is 13.2. The molecule has 2 aromatic rings. The Morgan fingerprint density at radius 3 is 2.95 bits per heavy atom. The topological polar surface area (TPSA) is 17.1 Å². The zero-order valence-corrected chi connectivity index (χ0v) is 12.0. The van der Waals surface area contributed by atoms with Crippen LogP contribution in [0.5, 0.6) is 0 Å². The molecule has 1 nitrogen and oxygen atoms in total. The van der Waals surface area contributed by atoms with Gasteiger partial charge in [-0.25, -0.2) is 0 Å². The highest BCUT2D eigenvalue weighted by atomic mass is 32.1. The van der Waals surface area contributed by atoms with Crippen molar-refractivity contribution in [2.45, 2.75) is 38.5 Å². The molecule has 1 unspecified atom stereocenters. The summed E-state index contributed by atoms with van der Waals surface area (Å²) in [6, 6.07) is 8.61. The van der Waals surface area contributed by atoms with Gasteiger partial charge in [-0.1, -0.05) is 24.3 Å². The first-order valence-corrected chi connectivity index (χ1v) is 7.84. The van der Waals surface area contributed by atoms with Crippen LogP contribution in [-0.2, 0) is 6.42 Å². The van der Waals surface area contributed by atoms with Crippen LogP contribution in [0.3, 0.4) is 0 Å². The van der Waals surface area contributed by atoms with Gasteiger partial charge in [0.25, 0.3) is 0 Å². The van der Waals surface area contributed by atoms with Crippen molar-refractivity contribution in [2.75, 3.05) is 0 Å². The Kier molecular flexibility index (Phi) is 3.52. The molecule has 1 atom stereocenters. The Hall–Kier alpha value is -1.41. The molecular formula is C17H18OS. The maximum atomic E-state index is 12.4. The maximum absolute atomic E-state index is 12.4. The number of hydrogen-bond donors (Lipinski definition) is 0. The number of aryl methyl sites for hydroxylation is 2. The van der Waals surface area contributed by atoms with E-state index in [1.165, 1.54) is 24.0 Å². The van der Waals surface area contributed by atoms with Crippen LogP contribution >= 0.6 is 11.3 Å². The van der Waals surface area contributed by atoms with Gasteiger partial charge in [0.2, 0.25) is 0 Å². The van der Waals surface area contributed by atoms with Gasteiger partial charge in [-0.2, -0.15) is 11.3 Å². The third kappa shape index (κ3) is 2.50. The van der Waals surface area contributed by atoms with Crippen molar-refractivity contribution in [3.8, 4) is 0 Å². The molecule has 0 fully saturated rings. The normalized spacial score (nSPS) is 18.1. The summed E-state index contributed by atoms with van der Waals surface area (Å²) in [6.07, 6.45) is 4.18. The smallest absolute Gasteiger partial charge is 0.164 e. The van der Waals surface area contributed by atoms with Crippen LogP contribution in [0.4, 0.5) is 0 Å². The van der Waals surface area contributed by atoms with Crippen molar-refractivity contribution in [2.24, 2.45) is 0 Å². The van der Waals surface area contributed by atoms with E-state index in [0.717, 1.165) is 17.5 Å². The lowest BCUT2D eigenvalue weighted by atomic mass is 9.79. The predicted octanol–water partition coefficient (Wildman–Crippen LogP) is 4.75. The number of benzene rings is 1. The fourth-order valence-electron chi connectivity index (χ4n) is 3.05. The van der Waals surface area contributed by atoms with E-state index in [0.29, 0.717) is 18.1 Å². The molecule has 1 aromatic heterocycles. The second kappa shape index (κ2) is 5.30. The van der Waals surface area contributed by atoms with Gasteiger partial charge < -0.3 is 0 Å². The second-order valence-corrected chi connectivity index (χ2v) is 6.13. The van der Waals surface area contributed by atoms with Gasteiger partial charge in [0.05, 0.1) is 0 Å². The van der Waals surface area contributed by atoms with Crippen LogP contribution in [-0.4, -0.2) is 5.78 Å². The van der Waals surface area contributed by atoms with E-state index >= 15 is 0 Å². The summed E-state index contributed by atoms with van der Waals surface area (Å²) in [5, 5.41) is 4.05. The Morgan fingerprint density at radius 2 is 2.16 bits per heavy atom. The van der Waals surface area contributed by atoms with E-state index in [4.69, 9.17) is 0 Å². The third-order valence-corrected chi connectivity index (χ3v) is 4.94. The summed E-state index contributed by atoms with van der Waals surface area (Å²) in [4.78, 5) is 12.4. The summed E-state index contributed by atoms with van der Waals surface area (Å²) in [5.41, 5.74) is 4.88. The summed E-state index contributed by atoms with van der Waals surface area (Å²) in [7, 11) is 0. The Bertz CT molecular complexity index is 597. The molecule has 1 aliphatic rings. The average molecular weight is 270 g/mol. The third-order valence-electron chi connectivity index (χ3n) is 4.08. The summed E-state index contributed by atoms with van der Waals surface area (Å²) >= 11 is 1.62. The molecule has 0 saturated heterocycles. The molecule has 19 heavy (non-hydrogen) atoms. The average Bonchev–Trinajstić information content (AvgIpc) is 2.85.